The first-order valence-corrected chi connectivity index (χ1v) is 7.56. The molecule has 0 spiro atoms. The number of methoxy groups -OCH3 is 2. The molecule has 0 amide bonds. The Labute approximate surface area is 151 Å². The first kappa shape index (κ1) is 19.7. The average Bonchev–Trinajstić information content (AvgIpc) is 2.56. The number of hydrogen-bond donors (Lipinski definition) is 2. The molecule has 0 aliphatic heterocycles. The van der Waals surface area contributed by atoms with Crippen molar-refractivity contribution in [1.82, 2.24) is 0 Å². The highest BCUT2D eigenvalue weighted by Gasteiger charge is 2.09. The van der Waals surface area contributed by atoms with E-state index in [9.17, 15) is 0 Å². The summed E-state index contributed by atoms with van der Waals surface area (Å²) in [5.41, 5.74) is 11.4. The van der Waals surface area contributed by atoms with Gasteiger partial charge in [0.05, 0.1) is 25.3 Å². The van der Waals surface area contributed by atoms with Gasteiger partial charge < -0.3 is 20.9 Å². The molecule has 8 heteroatoms. The van der Waals surface area contributed by atoms with Gasteiger partial charge in [0.25, 0.3) is 0 Å². The second kappa shape index (κ2) is 9.69. The van der Waals surface area contributed by atoms with Crippen LogP contribution in [0.15, 0.2) is 62.5 Å². The van der Waals surface area contributed by atoms with Crippen molar-refractivity contribution in [1.29, 1.82) is 0 Å². The number of ether oxygens (including phenoxy) is 2. The largest absolute Gasteiger partial charge is 0.497 e. The summed E-state index contributed by atoms with van der Waals surface area (Å²) in [7, 11) is 3.27. The fraction of sp³-hybridized carbons (Fsp3) is 0.125. The number of halogens is 1. The summed E-state index contributed by atoms with van der Waals surface area (Å²) in [4.78, 5) is 1.93. The molecule has 2 rings (SSSR count). The summed E-state index contributed by atoms with van der Waals surface area (Å²) in [5, 5.41) is 7.48. The summed E-state index contributed by atoms with van der Waals surface area (Å²) in [6.45, 7) is 0. The number of rotatable bonds is 6. The van der Waals surface area contributed by atoms with E-state index < -0.39 is 0 Å². The lowest BCUT2D eigenvalue weighted by Crippen LogP contribution is -2.21. The molecule has 0 saturated heterocycles. The zero-order valence-corrected chi connectivity index (χ0v) is 14.9. The van der Waals surface area contributed by atoms with Crippen LogP contribution in [0.2, 0.25) is 0 Å². The van der Waals surface area contributed by atoms with Gasteiger partial charge in [-0.25, -0.2) is 0 Å². The molecule has 0 aliphatic carbocycles. The molecule has 0 bridgehead atoms. The lowest BCUT2D eigenvalue weighted by molar-refractivity contribution is 0.394. The monoisotopic (exact) mass is 366 g/mol. The van der Waals surface area contributed by atoms with Crippen molar-refractivity contribution >= 4 is 36.3 Å². The van der Waals surface area contributed by atoms with Crippen LogP contribution >= 0.6 is 24.2 Å². The minimum absolute atomic E-state index is 0. The smallest absolute Gasteiger partial charge is 0.211 e. The zero-order chi connectivity index (χ0) is 16.7. The molecule has 0 unspecified atom stereocenters. The van der Waals surface area contributed by atoms with Gasteiger partial charge in [0, 0.05) is 10.5 Å². The van der Waals surface area contributed by atoms with E-state index in [0.717, 1.165) is 26.9 Å². The van der Waals surface area contributed by atoms with Crippen LogP contribution in [0.5, 0.6) is 11.5 Å². The first-order valence-electron chi connectivity index (χ1n) is 6.75. The second-order valence-electron chi connectivity index (χ2n) is 4.43. The number of hydrogen-bond acceptors (Lipinski definition) is 5. The fourth-order valence-corrected chi connectivity index (χ4v) is 2.87. The van der Waals surface area contributed by atoms with E-state index >= 15 is 0 Å². The zero-order valence-electron chi connectivity index (χ0n) is 13.3. The molecule has 0 aliphatic rings. The van der Waals surface area contributed by atoms with E-state index in [1.165, 1.54) is 0 Å². The number of benzene rings is 2. The van der Waals surface area contributed by atoms with Crippen molar-refractivity contribution in [3.8, 4) is 11.5 Å². The van der Waals surface area contributed by atoms with Crippen LogP contribution in [0, 0.1) is 0 Å². The van der Waals surface area contributed by atoms with E-state index in [1.54, 1.807) is 32.2 Å². The minimum Gasteiger partial charge on any atom is -0.497 e. The highest BCUT2D eigenvalue weighted by atomic mass is 35.5. The molecule has 0 saturated carbocycles. The summed E-state index contributed by atoms with van der Waals surface area (Å²) < 4.78 is 10.7. The first-order chi connectivity index (χ1) is 11.1. The predicted octanol–water partition coefficient (Wildman–Crippen LogP) is 2.88. The van der Waals surface area contributed by atoms with E-state index in [-0.39, 0.29) is 18.4 Å². The van der Waals surface area contributed by atoms with Crippen molar-refractivity contribution in [2.24, 2.45) is 21.7 Å². The van der Waals surface area contributed by atoms with Crippen molar-refractivity contribution < 1.29 is 9.47 Å². The van der Waals surface area contributed by atoms with Crippen LogP contribution in [-0.2, 0) is 0 Å². The maximum atomic E-state index is 5.40. The van der Waals surface area contributed by atoms with Crippen LogP contribution in [0.25, 0.3) is 0 Å². The van der Waals surface area contributed by atoms with Gasteiger partial charge in [0.2, 0.25) is 5.96 Å². The normalized spacial score (nSPS) is 10.1. The Bertz CT molecular complexity index is 734. The molecule has 2 aromatic rings. The average molecular weight is 367 g/mol. The molecule has 0 heterocycles. The minimum atomic E-state index is -0.0825. The van der Waals surface area contributed by atoms with Gasteiger partial charge in [-0.1, -0.05) is 30.0 Å². The Hall–Kier alpha value is -2.38. The molecule has 4 N–H and O–H groups in total. The van der Waals surface area contributed by atoms with Crippen LogP contribution in [0.3, 0.4) is 0 Å². The van der Waals surface area contributed by atoms with Crippen LogP contribution in [0.4, 0.5) is 0 Å². The predicted molar refractivity (Wildman–Crippen MR) is 101 cm³/mol. The summed E-state index contributed by atoms with van der Waals surface area (Å²) in [6, 6.07) is 13.4. The molecule has 0 aromatic heterocycles. The second-order valence-corrected chi connectivity index (χ2v) is 5.51. The van der Waals surface area contributed by atoms with Crippen LogP contribution < -0.4 is 20.9 Å². The van der Waals surface area contributed by atoms with Gasteiger partial charge in [0.1, 0.15) is 11.5 Å². The Kier molecular flexibility index (Phi) is 7.94. The number of guanidine groups is 1. The third kappa shape index (κ3) is 5.36. The van der Waals surface area contributed by atoms with E-state index in [1.807, 2.05) is 42.5 Å². The molecule has 0 atom stereocenters. The molecular weight excluding hydrogens is 348 g/mol. The SMILES string of the molecule is COc1ccc(OC)c(Sc2ccccc2/C=N/N=C(N)N)c1.Cl. The van der Waals surface area contributed by atoms with Crippen molar-refractivity contribution in [3.63, 3.8) is 0 Å². The lowest BCUT2D eigenvalue weighted by atomic mass is 10.2. The third-order valence-electron chi connectivity index (χ3n) is 2.88. The molecule has 6 nitrogen and oxygen atoms in total. The van der Waals surface area contributed by atoms with E-state index in [4.69, 9.17) is 20.9 Å². The van der Waals surface area contributed by atoms with Gasteiger partial charge in [-0.15, -0.1) is 17.5 Å². The Balaban J connectivity index is 0.00000288. The van der Waals surface area contributed by atoms with Crippen molar-refractivity contribution in [2.45, 2.75) is 9.79 Å². The topological polar surface area (TPSA) is 95.2 Å². The van der Waals surface area contributed by atoms with Crippen LogP contribution in [-0.4, -0.2) is 26.4 Å². The summed E-state index contributed by atoms with van der Waals surface area (Å²) in [5.74, 6) is 1.45. The van der Waals surface area contributed by atoms with Crippen molar-refractivity contribution in [2.75, 3.05) is 14.2 Å². The standard InChI is InChI=1S/C16H18N4O2S.ClH/c1-21-12-7-8-13(22-2)15(9-12)23-14-6-4-3-5-11(14)10-19-20-16(17)18;/h3-10H,1-2H3,(H4,17,18,20);1H/b19-10+;. The highest BCUT2D eigenvalue weighted by Crippen LogP contribution is 2.38. The maximum absolute atomic E-state index is 5.40. The maximum Gasteiger partial charge on any atom is 0.211 e. The molecule has 2 aromatic carbocycles. The molecule has 128 valence electrons. The van der Waals surface area contributed by atoms with Gasteiger partial charge in [-0.05, 0) is 24.3 Å². The third-order valence-corrected chi connectivity index (χ3v) is 4.01. The summed E-state index contributed by atoms with van der Waals surface area (Å²) in [6.07, 6.45) is 1.61. The van der Waals surface area contributed by atoms with Crippen LogP contribution in [0.1, 0.15) is 5.56 Å². The summed E-state index contributed by atoms with van der Waals surface area (Å²) >= 11 is 1.55. The quantitative estimate of drug-likeness (QED) is 0.465. The van der Waals surface area contributed by atoms with Crippen molar-refractivity contribution in [3.05, 3.63) is 48.0 Å². The van der Waals surface area contributed by atoms with Gasteiger partial charge in [-0.2, -0.15) is 5.10 Å². The molecule has 0 fully saturated rings. The molecular formula is C16H19ClN4O2S. The van der Waals surface area contributed by atoms with Gasteiger partial charge >= 0.3 is 0 Å². The van der Waals surface area contributed by atoms with Gasteiger partial charge in [-0.3, -0.25) is 0 Å². The molecule has 24 heavy (non-hydrogen) atoms. The van der Waals surface area contributed by atoms with E-state index in [2.05, 4.69) is 10.2 Å². The Morgan fingerprint density at radius 2 is 1.79 bits per heavy atom. The Morgan fingerprint density at radius 1 is 1.04 bits per heavy atom. The molecule has 0 radical (unpaired) electrons. The fourth-order valence-electron chi connectivity index (χ4n) is 1.82. The van der Waals surface area contributed by atoms with Gasteiger partial charge in [0.15, 0.2) is 0 Å². The number of nitrogens with two attached hydrogens (primary N) is 2. The van der Waals surface area contributed by atoms with E-state index in [0.29, 0.717) is 0 Å². The Morgan fingerprint density at radius 3 is 2.46 bits per heavy atom. The number of nitrogens with zero attached hydrogens (tertiary/aromatic N) is 2. The lowest BCUT2D eigenvalue weighted by Gasteiger charge is -2.11. The highest BCUT2D eigenvalue weighted by molar-refractivity contribution is 7.99.